The van der Waals surface area contributed by atoms with E-state index in [1.165, 1.54) is 12.1 Å². The topological polar surface area (TPSA) is 148 Å². The monoisotopic (exact) mass is 340 g/mol. The lowest BCUT2D eigenvalue weighted by molar-refractivity contribution is -0.384. The fourth-order valence-corrected chi connectivity index (χ4v) is 2.88. The van der Waals surface area contributed by atoms with Gasteiger partial charge in [-0.1, -0.05) is 0 Å². The molecule has 124 valence electrons. The molecule has 1 aromatic carbocycles. The fourth-order valence-electron chi connectivity index (χ4n) is 2.34. The van der Waals surface area contributed by atoms with E-state index in [4.69, 9.17) is 9.88 Å². The molecule has 1 heterocycles. The standard InChI is InChI=1S/C13H16N4O5S/c14-8-13(3-5-22-6-4-13)9-16-11-2-1-10(23(15,20)21)7-12(11)17(18)19/h1-2,7,16H,3-6,9H2,(H2,15,20,21). The third-order valence-corrected chi connectivity index (χ3v) is 4.71. The van der Waals surface area contributed by atoms with Crippen LogP contribution in [-0.4, -0.2) is 33.1 Å². The Balaban J connectivity index is 2.26. The summed E-state index contributed by atoms with van der Waals surface area (Å²) in [6.45, 7) is 1.13. The third kappa shape index (κ3) is 3.95. The van der Waals surface area contributed by atoms with Gasteiger partial charge >= 0.3 is 0 Å². The van der Waals surface area contributed by atoms with E-state index in [2.05, 4.69) is 11.4 Å². The number of sulfonamides is 1. The Morgan fingerprint density at radius 3 is 2.61 bits per heavy atom. The van der Waals surface area contributed by atoms with Crippen LogP contribution in [0.1, 0.15) is 12.8 Å². The van der Waals surface area contributed by atoms with E-state index < -0.39 is 26.0 Å². The summed E-state index contributed by atoms with van der Waals surface area (Å²) in [5.74, 6) is 0. The maximum absolute atomic E-state index is 11.3. The van der Waals surface area contributed by atoms with Gasteiger partial charge in [0.15, 0.2) is 0 Å². The Morgan fingerprint density at radius 1 is 1.43 bits per heavy atom. The van der Waals surface area contributed by atoms with Crippen LogP contribution in [0.2, 0.25) is 0 Å². The summed E-state index contributed by atoms with van der Waals surface area (Å²) < 4.78 is 27.8. The van der Waals surface area contributed by atoms with Gasteiger partial charge in [0.1, 0.15) is 5.69 Å². The van der Waals surface area contributed by atoms with Gasteiger partial charge in [0, 0.05) is 25.8 Å². The number of nitrogens with one attached hydrogen (secondary N) is 1. The number of nitrogens with zero attached hydrogens (tertiary/aromatic N) is 2. The second-order valence-electron chi connectivity index (χ2n) is 5.34. The summed E-state index contributed by atoms with van der Waals surface area (Å²) in [4.78, 5) is 10.1. The highest BCUT2D eigenvalue weighted by Crippen LogP contribution is 2.32. The summed E-state index contributed by atoms with van der Waals surface area (Å²) >= 11 is 0. The van der Waals surface area contributed by atoms with Gasteiger partial charge in [-0.3, -0.25) is 10.1 Å². The van der Waals surface area contributed by atoms with Gasteiger partial charge in [0.05, 0.1) is 21.3 Å². The first-order chi connectivity index (χ1) is 10.8. The lowest BCUT2D eigenvalue weighted by atomic mass is 9.81. The number of benzene rings is 1. The summed E-state index contributed by atoms with van der Waals surface area (Å²) in [5, 5.41) is 28.4. The molecule has 0 aliphatic carbocycles. The molecule has 0 unspecified atom stereocenters. The molecule has 1 aliphatic rings. The molecule has 0 spiro atoms. The maximum atomic E-state index is 11.3. The van der Waals surface area contributed by atoms with E-state index in [0.29, 0.717) is 26.1 Å². The molecule has 2 rings (SSSR count). The van der Waals surface area contributed by atoms with Crippen LogP contribution < -0.4 is 10.5 Å². The van der Waals surface area contributed by atoms with Crippen molar-refractivity contribution in [3.05, 3.63) is 28.3 Å². The summed E-state index contributed by atoms with van der Waals surface area (Å²) in [6, 6.07) is 5.62. The van der Waals surface area contributed by atoms with E-state index >= 15 is 0 Å². The van der Waals surface area contributed by atoms with Crippen molar-refractivity contribution in [3.63, 3.8) is 0 Å². The van der Waals surface area contributed by atoms with Crippen molar-refractivity contribution in [2.75, 3.05) is 25.1 Å². The van der Waals surface area contributed by atoms with Crippen LogP contribution in [0.3, 0.4) is 0 Å². The maximum Gasteiger partial charge on any atom is 0.293 e. The van der Waals surface area contributed by atoms with Gasteiger partial charge in [-0.25, -0.2) is 13.6 Å². The van der Waals surface area contributed by atoms with Crippen molar-refractivity contribution < 1.29 is 18.1 Å². The predicted molar refractivity (Wildman–Crippen MR) is 81.1 cm³/mol. The number of hydrogen-bond acceptors (Lipinski definition) is 7. The Hall–Kier alpha value is -2.22. The van der Waals surface area contributed by atoms with Crippen molar-refractivity contribution in [1.82, 2.24) is 0 Å². The average Bonchev–Trinajstić information content (AvgIpc) is 2.52. The molecule has 0 bridgehead atoms. The molecule has 23 heavy (non-hydrogen) atoms. The quantitative estimate of drug-likeness (QED) is 0.599. The average molecular weight is 340 g/mol. The Labute approximate surface area is 133 Å². The molecule has 0 aromatic heterocycles. The largest absolute Gasteiger partial charge is 0.381 e. The smallest absolute Gasteiger partial charge is 0.293 e. The molecule has 1 saturated heterocycles. The molecular formula is C13H16N4O5S. The molecule has 9 nitrogen and oxygen atoms in total. The van der Waals surface area contributed by atoms with Gasteiger partial charge in [0.2, 0.25) is 10.0 Å². The van der Waals surface area contributed by atoms with Crippen molar-refractivity contribution in [1.29, 1.82) is 5.26 Å². The number of rotatable bonds is 5. The second-order valence-corrected chi connectivity index (χ2v) is 6.90. The van der Waals surface area contributed by atoms with Gasteiger partial charge < -0.3 is 10.1 Å². The van der Waals surface area contributed by atoms with Crippen LogP contribution >= 0.6 is 0 Å². The Bertz CT molecular complexity index is 750. The van der Waals surface area contributed by atoms with Crippen LogP contribution in [0, 0.1) is 26.9 Å². The highest BCUT2D eigenvalue weighted by molar-refractivity contribution is 7.89. The zero-order valence-corrected chi connectivity index (χ0v) is 13.0. The SMILES string of the molecule is N#CC1(CNc2ccc(S(N)(=O)=O)cc2[N+](=O)[O-])CCOCC1. The molecule has 0 saturated carbocycles. The van der Waals surface area contributed by atoms with Crippen molar-refractivity contribution in [2.24, 2.45) is 10.6 Å². The van der Waals surface area contributed by atoms with Crippen LogP contribution in [0.15, 0.2) is 23.1 Å². The molecule has 10 heteroatoms. The highest BCUT2D eigenvalue weighted by Gasteiger charge is 2.33. The van der Waals surface area contributed by atoms with E-state index in [9.17, 15) is 23.8 Å². The Morgan fingerprint density at radius 2 is 2.09 bits per heavy atom. The minimum Gasteiger partial charge on any atom is -0.381 e. The zero-order valence-electron chi connectivity index (χ0n) is 12.2. The number of nitrogens with two attached hydrogens (primary N) is 1. The number of anilines is 1. The van der Waals surface area contributed by atoms with Crippen molar-refractivity contribution in [3.8, 4) is 6.07 Å². The molecule has 1 aromatic rings. The van der Waals surface area contributed by atoms with Crippen LogP contribution in [0.5, 0.6) is 0 Å². The van der Waals surface area contributed by atoms with Crippen molar-refractivity contribution >= 4 is 21.4 Å². The Kier molecular flexibility index (Phi) is 4.84. The molecule has 1 fully saturated rings. The number of nitro benzene ring substituents is 1. The second kappa shape index (κ2) is 6.49. The molecule has 0 radical (unpaired) electrons. The number of hydrogen-bond donors (Lipinski definition) is 2. The number of primary sulfonamides is 1. The van der Waals surface area contributed by atoms with Crippen LogP contribution in [0.4, 0.5) is 11.4 Å². The van der Waals surface area contributed by atoms with Gasteiger partial charge in [-0.2, -0.15) is 5.26 Å². The molecule has 0 amide bonds. The highest BCUT2D eigenvalue weighted by atomic mass is 32.2. The zero-order chi connectivity index (χ0) is 17.1. The minimum absolute atomic E-state index is 0.142. The predicted octanol–water partition coefficient (Wildman–Crippen LogP) is 0.974. The molecule has 3 N–H and O–H groups in total. The summed E-state index contributed by atoms with van der Waals surface area (Å²) in [5.41, 5.74) is -0.926. The van der Waals surface area contributed by atoms with E-state index in [1.54, 1.807) is 0 Å². The third-order valence-electron chi connectivity index (χ3n) is 3.80. The van der Waals surface area contributed by atoms with Gasteiger partial charge in [-0.05, 0) is 25.0 Å². The van der Waals surface area contributed by atoms with Crippen LogP contribution in [0.25, 0.3) is 0 Å². The summed E-state index contributed by atoms with van der Waals surface area (Å²) in [6.07, 6.45) is 1.05. The minimum atomic E-state index is -4.03. The van der Waals surface area contributed by atoms with Crippen molar-refractivity contribution in [2.45, 2.75) is 17.7 Å². The van der Waals surface area contributed by atoms with Gasteiger partial charge in [-0.15, -0.1) is 0 Å². The van der Waals surface area contributed by atoms with E-state index in [-0.39, 0.29) is 17.1 Å². The number of ether oxygens (including phenoxy) is 1. The lowest BCUT2D eigenvalue weighted by Crippen LogP contribution is -2.34. The first-order valence-electron chi connectivity index (χ1n) is 6.82. The van der Waals surface area contributed by atoms with E-state index in [1.807, 2.05) is 0 Å². The normalized spacial score (nSPS) is 17.2. The lowest BCUT2D eigenvalue weighted by Gasteiger charge is -2.30. The molecular weight excluding hydrogens is 324 g/mol. The first-order valence-corrected chi connectivity index (χ1v) is 8.36. The van der Waals surface area contributed by atoms with E-state index in [0.717, 1.165) is 6.07 Å². The van der Waals surface area contributed by atoms with Gasteiger partial charge in [0.25, 0.3) is 5.69 Å². The first kappa shape index (κ1) is 17.1. The molecule has 0 atom stereocenters. The number of nitro groups is 1. The fraction of sp³-hybridized carbons (Fsp3) is 0.462. The van der Waals surface area contributed by atoms with Crippen LogP contribution in [-0.2, 0) is 14.8 Å². The molecule has 1 aliphatic heterocycles. The summed E-state index contributed by atoms with van der Waals surface area (Å²) in [7, 11) is -4.03. The number of nitriles is 1.